The van der Waals surface area contributed by atoms with E-state index in [0.717, 1.165) is 0 Å². The third kappa shape index (κ3) is 3.32. The Morgan fingerprint density at radius 2 is 2.19 bits per heavy atom. The molecule has 0 spiro atoms. The average molecular weight is 294 g/mol. The van der Waals surface area contributed by atoms with E-state index in [9.17, 15) is 14.0 Å². The van der Waals surface area contributed by atoms with Crippen molar-refractivity contribution in [3.05, 3.63) is 29.6 Å². The summed E-state index contributed by atoms with van der Waals surface area (Å²) in [5.74, 6) is -0.613. The molecule has 0 bridgehead atoms. The van der Waals surface area contributed by atoms with E-state index in [1.54, 1.807) is 0 Å². The highest BCUT2D eigenvalue weighted by Gasteiger charge is 2.34. The molecule has 5 nitrogen and oxygen atoms in total. The molecular weight excluding hydrogens is 275 g/mol. The highest BCUT2D eigenvalue weighted by Crippen LogP contribution is 2.27. The molecular formula is C15H19FN2O3. The lowest BCUT2D eigenvalue weighted by molar-refractivity contribution is -0.146. The van der Waals surface area contributed by atoms with Crippen LogP contribution in [0.2, 0.25) is 0 Å². The Kier molecular flexibility index (Phi) is 4.45. The first-order valence-electron chi connectivity index (χ1n) is 6.86. The molecule has 114 valence electrons. The zero-order chi connectivity index (χ0) is 15.6. The summed E-state index contributed by atoms with van der Waals surface area (Å²) in [5.41, 5.74) is 1.22. The molecule has 1 N–H and O–H groups in total. The fraction of sp³-hybridized carbons (Fsp3) is 0.467. The van der Waals surface area contributed by atoms with Gasteiger partial charge in [-0.1, -0.05) is 13.8 Å². The lowest BCUT2D eigenvalue weighted by Gasteiger charge is -2.35. The van der Waals surface area contributed by atoms with E-state index >= 15 is 0 Å². The van der Waals surface area contributed by atoms with Gasteiger partial charge in [-0.15, -0.1) is 0 Å². The number of benzene rings is 1. The van der Waals surface area contributed by atoms with E-state index in [4.69, 9.17) is 4.74 Å². The Hall–Kier alpha value is -2.11. The lowest BCUT2D eigenvalue weighted by atomic mass is 10.0. The zero-order valence-electron chi connectivity index (χ0n) is 12.4. The number of fused-ring (bicyclic) bond motifs is 1. The summed E-state index contributed by atoms with van der Waals surface area (Å²) in [6, 6.07) is 3.14. The molecule has 1 aromatic rings. The molecule has 1 atom stereocenters. The number of hydrogen-bond acceptors (Lipinski definition) is 3. The second-order valence-electron chi connectivity index (χ2n) is 5.53. The van der Waals surface area contributed by atoms with Crippen LogP contribution in [0.5, 0.6) is 0 Å². The molecule has 0 aliphatic carbocycles. The highest BCUT2D eigenvalue weighted by molar-refractivity contribution is 5.95. The number of amides is 2. The van der Waals surface area contributed by atoms with Gasteiger partial charge in [0.05, 0.1) is 13.7 Å². The van der Waals surface area contributed by atoms with Gasteiger partial charge in [0.1, 0.15) is 11.9 Å². The molecule has 0 saturated carbocycles. The minimum atomic E-state index is -0.675. The van der Waals surface area contributed by atoms with Crippen molar-refractivity contribution >= 4 is 17.7 Å². The van der Waals surface area contributed by atoms with E-state index in [0.29, 0.717) is 17.7 Å². The van der Waals surface area contributed by atoms with E-state index in [-0.39, 0.29) is 24.3 Å². The SMILES string of the molecule is COC(=O)C(CC(C)C)N1Cc2cc(F)ccc2NC1=O. The van der Waals surface area contributed by atoms with E-state index in [1.165, 1.54) is 30.2 Å². The van der Waals surface area contributed by atoms with Crippen LogP contribution < -0.4 is 5.32 Å². The zero-order valence-corrected chi connectivity index (χ0v) is 12.4. The van der Waals surface area contributed by atoms with Crippen molar-refractivity contribution in [2.45, 2.75) is 32.9 Å². The summed E-state index contributed by atoms with van der Waals surface area (Å²) in [6.45, 7) is 4.11. The Morgan fingerprint density at radius 3 is 2.81 bits per heavy atom. The maximum atomic E-state index is 13.3. The average Bonchev–Trinajstić information content (AvgIpc) is 2.43. The lowest BCUT2D eigenvalue weighted by Crippen LogP contribution is -2.49. The number of nitrogens with one attached hydrogen (secondary N) is 1. The number of rotatable bonds is 4. The molecule has 1 unspecified atom stereocenters. The van der Waals surface area contributed by atoms with Crippen molar-refractivity contribution in [3.8, 4) is 0 Å². The number of urea groups is 1. The molecule has 21 heavy (non-hydrogen) atoms. The van der Waals surface area contributed by atoms with Crippen LogP contribution in [0.3, 0.4) is 0 Å². The molecule has 1 aliphatic rings. The fourth-order valence-corrected chi connectivity index (χ4v) is 2.44. The van der Waals surface area contributed by atoms with Crippen LogP contribution in [0, 0.1) is 11.7 Å². The maximum absolute atomic E-state index is 13.3. The standard InChI is InChI=1S/C15H19FN2O3/c1-9(2)6-13(14(19)21-3)18-8-10-7-11(16)4-5-12(10)17-15(18)20/h4-5,7,9,13H,6,8H2,1-3H3,(H,17,20). The van der Waals surface area contributed by atoms with Gasteiger partial charge in [0.15, 0.2) is 0 Å². The molecule has 0 aromatic heterocycles. The number of ether oxygens (including phenoxy) is 1. The Bertz CT molecular complexity index is 560. The number of carbonyl (C=O) groups is 2. The summed E-state index contributed by atoms with van der Waals surface area (Å²) in [6.07, 6.45) is 0.491. The second-order valence-corrected chi connectivity index (χ2v) is 5.53. The van der Waals surface area contributed by atoms with Gasteiger partial charge in [0, 0.05) is 5.69 Å². The number of carbonyl (C=O) groups excluding carboxylic acids is 2. The van der Waals surface area contributed by atoms with Crippen LogP contribution in [0.15, 0.2) is 18.2 Å². The number of esters is 1. The van der Waals surface area contributed by atoms with Gasteiger partial charge in [-0.2, -0.15) is 0 Å². The number of halogens is 1. The van der Waals surface area contributed by atoms with Crippen LogP contribution in [0.1, 0.15) is 25.8 Å². The molecule has 0 fully saturated rings. The smallest absolute Gasteiger partial charge is 0.328 e. The van der Waals surface area contributed by atoms with Gasteiger partial charge in [-0.05, 0) is 36.1 Å². The van der Waals surface area contributed by atoms with E-state index in [2.05, 4.69) is 5.32 Å². The quantitative estimate of drug-likeness (QED) is 0.869. The van der Waals surface area contributed by atoms with Crippen molar-refractivity contribution in [1.29, 1.82) is 0 Å². The van der Waals surface area contributed by atoms with E-state index in [1.807, 2.05) is 13.8 Å². The maximum Gasteiger partial charge on any atom is 0.328 e. The second kappa shape index (κ2) is 6.11. The first-order valence-corrected chi connectivity index (χ1v) is 6.86. The normalized spacial score (nSPS) is 15.5. The molecule has 2 amide bonds. The topological polar surface area (TPSA) is 58.6 Å². The van der Waals surface area contributed by atoms with Crippen LogP contribution in [0.4, 0.5) is 14.9 Å². The third-order valence-electron chi connectivity index (χ3n) is 3.45. The molecule has 1 aliphatic heterocycles. The Labute approximate surface area is 123 Å². The van der Waals surface area contributed by atoms with Crippen LogP contribution in [0.25, 0.3) is 0 Å². The van der Waals surface area contributed by atoms with Gasteiger partial charge in [-0.3, -0.25) is 0 Å². The predicted octanol–water partition coefficient (Wildman–Crippen LogP) is 2.76. The van der Waals surface area contributed by atoms with Crippen LogP contribution in [-0.4, -0.2) is 30.1 Å². The summed E-state index contributed by atoms with van der Waals surface area (Å²) >= 11 is 0. The predicted molar refractivity (Wildman–Crippen MR) is 76.2 cm³/mol. The van der Waals surface area contributed by atoms with Gasteiger partial charge < -0.3 is 15.0 Å². The summed E-state index contributed by atoms with van der Waals surface area (Å²) < 4.78 is 18.1. The summed E-state index contributed by atoms with van der Waals surface area (Å²) in [7, 11) is 1.30. The number of nitrogens with zero attached hydrogens (tertiary/aromatic N) is 1. The first-order chi connectivity index (χ1) is 9.92. The van der Waals surface area contributed by atoms with Crippen molar-refractivity contribution in [1.82, 2.24) is 4.90 Å². The molecule has 1 heterocycles. The van der Waals surface area contributed by atoms with Crippen molar-refractivity contribution in [2.75, 3.05) is 12.4 Å². The minimum absolute atomic E-state index is 0.186. The summed E-state index contributed by atoms with van der Waals surface area (Å²) in [5, 5.41) is 2.68. The van der Waals surface area contributed by atoms with E-state index < -0.39 is 12.0 Å². The molecule has 0 radical (unpaired) electrons. The molecule has 0 saturated heterocycles. The van der Waals surface area contributed by atoms with Crippen LogP contribution >= 0.6 is 0 Å². The Morgan fingerprint density at radius 1 is 1.48 bits per heavy atom. The minimum Gasteiger partial charge on any atom is -0.467 e. The largest absolute Gasteiger partial charge is 0.467 e. The van der Waals surface area contributed by atoms with Gasteiger partial charge >= 0.3 is 12.0 Å². The Balaban J connectivity index is 2.29. The van der Waals surface area contributed by atoms with Gasteiger partial charge in [0.25, 0.3) is 0 Å². The van der Waals surface area contributed by atoms with Gasteiger partial charge in [0.2, 0.25) is 0 Å². The first kappa shape index (κ1) is 15.3. The van der Waals surface area contributed by atoms with Crippen molar-refractivity contribution in [2.24, 2.45) is 5.92 Å². The number of methoxy groups -OCH3 is 1. The molecule has 2 rings (SSSR count). The third-order valence-corrected chi connectivity index (χ3v) is 3.45. The fourth-order valence-electron chi connectivity index (χ4n) is 2.44. The van der Waals surface area contributed by atoms with Gasteiger partial charge in [-0.25, -0.2) is 14.0 Å². The molecule has 1 aromatic carbocycles. The number of hydrogen-bond donors (Lipinski definition) is 1. The van der Waals surface area contributed by atoms with Crippen LogP contribution in [-0.2, 0) is 16.1 Å². The number of anilines is 1. The summed E-state index contributed by atoms with van der Waals surface area (Å²) in [4.78, 5) is 25.5. The monoisotopic (exact) mass is 294 g/mol. The van der Waals surface area contributed by atoms with Crippen molar-refractivity contribution < 1.29 is 18.7 Å². The molecule has 6 heteroatoms. The highest BCUT2D eigenvalue weighted by atomic mass is 19.1. The van der Waals surface area contributed by atoms with Crippen molar-refractivity contribution in [3.63, 3.8) is 0 Å².